The summed E-state index contributed by atoms with van der Waals surface area (Å²) in [6, 6.07) is 10.6. The average molecular weight is 523 g/mol. The van der Waals surface area contributed by atoms with E-state index >= 15 is 0 Å². The van der Waals surface area contributed by atoms with Gasteiger partial charge in [-0.1, -0.05) is 17.7 Å². The number of anilines is 2. The number of hydrogen-bond acceptors (Lipinski definition) is 8. The Hall–Kier alpha value is -4.09. The molecule has 36 heavy (non-hydrogen) atoms. The summed E-state index contributed by atoms with van der Waals surface area (Å²) < 4.78 is 29.0. The van der Waals surface area contributed by atoms with Gasteiger partial charge in [0.15, 0.2) is 0 Å². The maximum Gasteiger partial charge on any atom is 0.270 e. The number of nitro groups is 1. The molecule has 3 N–H and O–H groups in total. The van der Waals surface area contributed by atoms with Gasteiger partial charge in [-0.25, -0.2) is 18.4 Å². The summed E-state index contributed by atoms with van der Waals surface area (Å²) in [6.45, 7) is 1.56. The summed E-state index contributed by atoms with van der Waals surface area (Å²) in [5, 5.41) is 11.4. The Labute approximate surface area is 211 Å². The van der Waals surface area contributed by atoms with Crippen LogP contribution in [-0.2, 0) is 22.9 Å². The molecule has 2 aromatic carbocycles. The highest BCUT2D eigenvalue weighted by atomic mass is 35.5. The minimum atomic E-state index is -4.19. The van der Waals surface area contributed by atoms with Gasteiger partial charge in [-0.15, -0.1) is 0 Å². The number of pyridine rings is 1. The number of nitro benzene ring substituents is 1. The third-order valence-corrected chi connectivity index (χ3v) is 7.78. The molecule has 0 saturated heterocycles. The minimum absolute atomic E-state index is 0.131. The zero-order chi connectivity index (χ0) is 25.6. The number of fused-ring (bicyclic) bond motifs is 3. The Morgan fingerprint density at radius 2 is 1.83 bits per heavy atom. The Kier molecular flexibility index (Phi) is 5.81. The van der Waals surface area contributed by atoms with Crippen LogP contribution < -0.4 is 10.5 Å². The van der Waals surface area contributed by atoms with E-state index in [0.29, 0.717) is 24.1 Å². The van der Waals surface area contributed by atoms with Crippen LogP contribution >= 0.6 is 11.6 Å². The normalized spacial score (nSPS) is 12.5. The number of nitrogens with one attached hydrogen (secondary N) is 1. The van der Waals surface area contributed by atoms with Crippen LogP contribution in [0.2, 0.25) is 5.02 Å². The van der Waals surface area contributed by atoms with Crippen molar-refractivity contribution in [3.63, 3.8) is 0 Å². The molecule has 1 aliphatic rings. The molecule has 12 heteroatoms. The second-order valence-corrected chi connectivity index (χ2v) is 10.3. The average Bonchev–Trinajstić information content (AvgIpc) is 2.84. The van der Waals surface area contributed by atoms with E-state index in [-0.39, 0.29) is 27.2 Å². The van der Waals surface area contributed by atoms with Crippen LogP contribution in [0.15, 0.2) is 59.8 Å². The summed E-state index contributed by atoms with van der Waals surface area (Å²) in [5.74, 6) is 0.139. The van der Waals surface area contributed by atoms with Gasteiger partial charge in [0, 0.05) is 35.7 Å². The summed E-state index contributed by atoms with van der Waals surface area (Å²) in [4.78, 5) is 23.3. The van der Waals surface area contributed by atoms with E-state index in [9.17, 15) is 18.5 Å². The summed E-state index contributed by atoms with van der Waals surface area (Å²) in [6.07, 6.45) is 4.53. The molecule has 0 aliphatic heterocycles. The molecule has 1 aliphatic carbocycles. The number of rotatable bonds is 5. The first kappa shape index (κ1) is 23.6. The minimum Gasteiger partial charge on any atom is -0.368 e. The summed E-state index contributed by atoms with van der Waals surface area (Å²) >= 11 is 6.49. The van der Waals surface area contributed by atoms with Gasteiger partial charge in [0.2, 0.25) is 5.95 Å². The van der Waals surface area contributed by atoms with Crippen molar-refractivity contribution in [3.8, 4) is 22.4 Å². The molecule has 2 heterocycles. The predicted octanol–water partition coefficient (Wildman–Crippen LogP) is 4.56. The monoisotopic (exact) mass is 522 g/mol. The maximum atomic E-state index is 13.3. The molecule has 0 unspecified atom stereocenters. The van der Waals surface area contributed by atoms with E-state index in [1.807, 2.05) is 0 Å². The van der Waals surface area contributed by atoms with Crippen LogP contribution in [0.4, 0.5) is 17.3 Å². The van der Waals surface area contributed by atoms with Crippen molar-refractivity contribution < 1.29 is 13.3 Å². The SMILES string of the molecule is Cc1ccc([N+](=O)[O-])cc1S(=O)(=O)Nc1cc2c(cc1Cl)CCc1nc(N)nc(-c3ccncc3)c1-2. The fourth-order valence-corrected chi connectivity index (χ4v) is 5.91. The van der Waals surface area contributed by atoms with Crippen molar-refractivity contribution in [3.05, 3.63) is 86.8 Å². The summed E-state index contributed by atoms with van der Waals surface area (Å²) in [5.41, 5.74) is 10.6. The molecular formula is C24H19ClN6O4S. The quantitative estimate of drug-likeness (QED) is 0.285. The zero-order valence-corrected chi connectivity index (χ0v) is 20.5. The second-order valence-electron chi connectivity index (χ2n) is 8.29. The Morgan fingerprint density at radius 1 is 1.08 bits per heavy atom. The lowest BCUT2D eigenvalue weighted by atomic mass is 9.86. The van der Waals surface area contributed by atoms with Crippen molar-refractivity contribution in [1.29, 1.82) is 0 Å². The van der Waals surface area contributed by atoms with E-state index in [0.717, 1.165) is 34.0 Å². The first-order valence-electron chi connectivity index (χ1n) is 10.8. The van der Waals surface area contributed by atoms with Crippen molar-refractivity contribution in [2.45, 2.75) is 24.7 Å². The third-order valence-electron chi connectivity index (χ3n) is 5.96. The van der Waals surface area contributed by atoms with E-state index in [2.05, 4.69) is 19.7 Å². The number of aromatic nitrogens is 3. The van der Waals surface area contributed by atoms with Crippen molar-refractivity contribution in [2.75, 3.05) is 10.5 Å². The molecule has 10 nitrogen and oxygen atoms in total. The van der Waals surface area contributed by atoms with Crippen LogP contribution in [0, 0.1) is 17.0 Å². The lowest BCUT2D eigenvalue weighted by Gasteiger charge is -2.23. The van der Waals surface area contributed by atoms with Crippen LogP contribution in [-0.4, -0.2) is 28.3 Å². The first-order chi connectivity index (χ1) is 17.1. The van der Waals surface area contributed by atoms with E-state index < -0.39 is 14.9 Å². The highest BCUT2D eigenvalue weighted by Crippen LogP contribution is 2.42. The number of nitrogen functional groups attached to an aromatic ring is 1. The molecule has 0 atom stereocenters. The Balaban J connectivity index is 1.64. The molecule has 0 bridgehead atoms. The van der Waals surface area contributed by atoms with Gasteiger partial charge < -0.3 is 5.73 Å². The van der Waals surface area contributed by atoms with Crippen LogP contribution in [0.25, 0.3) is 22.4 Å². The molecule has 0 spiro atoms. The maximum absolute atomic E-state index is 13.3. The molecule has 5 rings (SSSR count). The highest BCUT2D eigenvalue weighted by molar-refractivity contribution is 7.92. The number of nitrogens with zero attached hydrogens (tertiary/aromatic N) is 4. The van der Waals surface area contributed by atoms with Crippen LogP contribution in [0.1, 0.15) is 16.8 Å². The van der Waals surface area contributed by atoms with Crippen molar-refractivity contribution in [2.24, 2.45) is 0 Å². The Bertz CT molecular complexity index is 1640. The Morgan fingerprint density at radius 3 is 2.56 bits per heavy atom. The number of nitrogens with two attached hydrogens (primary N) is 1. The van der Waals surface area contributed by atoms with Gasteiger partial charge >= 0.3 is 0 Å². The van der Waals surface area contributed by atoms with Gasteiger partial charge in [-0.3, -0.25) is 19.8 Å². The predicted molar refractivity (Wildman–Crippen MR) is 136 cm³/mol. The molecule has 2 aromatic heterocycles. The fraction of sp³-hybridized carbons (Fsp3) is 0.125. The molecule has 0 amide bonds. The lowest BCUT2D eigenvalue weighted by molar-refractivity contribution is -0.385. The van der Waals surface area contributed by atoms with E-state index in [1.165, 1.54) is 12.1 Å². The van der Waals surface area contributed by atoms with Gasteiger partial charge in [0.05, 0.1) is 31.9 Å². The highest BCUT2D eigenvalue weighted by Gasteiger charge is 2.27. The van der Waals surface area contributed by atoms with Gasteiger partial charge in [0.25, 0.3) is 15.7 Å². The smallest absolute Gasteiger partial charge is 0.270 e. The largest absolute Gasteiger partial charge is 0.368 e. The number of halogens is 1. The number of non-ortho nitro benzene ring substituents is 1. The molecular weight excluding hydrogens is 504 g/mol. The van der Waals surface area contributed by atoms with Crippen molar-refractivity contribution in [1.82, 2.24) is 15.0 Å². The topological polar surface area (TPSA) is 154 Å². The third kappa shape index (κ3) is 4.23. The van der Waals surface area contributed by atoms with E-state index in [4.69, 9.17) is 17.3 Å². The van der Waals surface area contributed by atoms with Gasteiger partial charge in [0.1, 0.15) is 0 Å². The molecule has 0 radical (unpaired) electrons. The lowest BCUT2D eigenvalue weighted by Crippen LogP contribution is -2.16. The molecule has 0 saturated carbocycles. The molecule has 4 aromatic rings. The number of hydrogen-bond donors (Lipinski definition) is 2. The number of benzene rings is 2. The number of aryl methyl sites for hydroxylation is 3. The van der Waals surface area contributed by atoms with Crippen LogP contribution in [0.3, 0.4) is 0 Å². The second kappa shape index (κ2) is 8.85. The van der Waals surface area contributed by atoms with Crippen LogP contribution in [0.5, 0.6) is 0 Å². The molecule has 182 valence electrons. The zero-order valence-electron chi connectivity index (χ0n) is 18.9. The summed E-state index contributed by atoms with van der Waals surface area (Å²) in [7, 11) is -4.19. The molecule has 0 fully saturated rings. The van der Waals surface area contributed by atoms with Gasteiger partial charge in [-0.2, -0.15) is 0 Å². The first-order valence-corrected chi connectivity index (χ1v) is 12.7. The van der Waals surface area contributed by atoms with Crippen molar-refractivity contribution >= 4 is 38.9 Å². The standard InChI is InChI=1S/C24H19ClN6O4S/c1-13-2-4-16(31(32)33)11-21(13)36(34,35)30-20-12-17-15(10-18(20)25)3-5-19-22(17)23(29-24(26)28-19)14-6-8-27-9-7-14/h2,4,6-12,30H,3,5H2,1H3,(H2,26,28,29). The fourth-order valence-electron chi connectivity index (χ4n) is 4.29. The van der Waals surface area contributed by atoms with E-state index in [1.54, 1.807) is 43.6 Å². The number of sulfonamides is 1. The van der Waals surface area contributed by atoms with Gasteiger partial charge in [-0.05, 0) is 60.7 Å².